The van der Waals surface area contributed by atoms with Crippen LogP contribution in [0.5, 0.6) is 0 Å². The zero-order chi connectivity index (χ0) is 23.3. The van der Waals surface area contributed by atoms with Gasteiger partial charge in [0.15, 0.2) is 0 Å². The number of H-pyrrole nitrogens is 1. The molecule has 1 unspecified atom stereocenters. The zero-order valence-electron chi connectivity index (χ0n) is 19.1. The summed E-state index contributed by atoms with van der Waals surface area (Å²) in [5, 5.41) is 2.52. The zero-order valence-corrected chi connectivity index (χ0v) is 19.1. The second-order valence-electron chi connectivity index (χ2n) is 8.84. The smallest absolute Gasteiger partial charge is 0.264 e. The molecule has 2 atom stereocenters. The number of nitrogens with zero attached hydrogens (tertiary/aromatic N) is 4. The van der Waals surface area contributed by atoms with Crippen molar-refractivity contribution in [2.75, 3.05) is 25.0 Å². The van der Waals surface area contributed by atoms with E-state index in [0.717, 1.165) is 54.0 Å². The summed E-state index contributed by atoms with van der Waals surface area (Å²) >= 11 is 0. The van der Waals surface area contributed by atoms with Gasteiger partial charge in [0.1, 0.15) is 11.4 Å². The minimum Gasteiger partial charge on any atom is -0.355 e. The summed E-state index contributed by atoms with van der Waals surface area (Å²) in [6.45, 7) is 4.38. The van der Waals surface area contributed by atoms with E-state index in [4.69, 9.17) is 0 Å². The summed E-state index contributed by atoms with van der Waals surface area (Å²) in [6, 6.07) is 8.12. The maximum Gasteiger partial charge on any atom is 0.264 e. The molecule has 33 heavy (non-hydrogen) atoms. The van der Waals surface area contributed by atoms with Crippen LogP contribution in [0.1, 0.15) is 34.8 Å². The molecule has 1 saturated heterocycles. The number of anilines is 1. The van der Waals surface area contributed by atoms with Crippen molar-refractivity contribution >= 4 is 22.8 Å². The predicted octanol–water partition coefficient (Wildman–Crippen LogP) is 1.01. The highest BCUT2D eigenvalue weighted by Gasteiger charge is 2.49. The van der Waals surface area contributed by atoms with Crippen LogP contribution in [-0.4, -0.2) is 57.6 Å². The fourth-order valence-corrected chi connectivity index (χ4v) is 4.92. The van der Waals surface area contributed by atoms with Gasteiger partial charge in [-0.15, -0.1) is 0 Å². The van der Waals surface area contributed by atoms with Gasteiger partial charge in [0.25, 0.3) is 17.0 Å². The largest absolute Gasteiger partial charge is 0.355 e. The number of pyridine rings is 3. The molecule has 2 fully saturated rings. The third-order valence-corrected chi connectivity index (χ3v) is 6.86. The molecule has 2 N–H and O–H groups in total. The van der Waals surface area contributed by atoms with E-state index in [1.807, 2.05) is 31.3 Å². The lowest BCUT2D eigenvalue weighted by atomic mass is 10.1. The third-order valence-electron chi connectivity index (χ3n) is 6.86. The summed E-state index contributed by atoms with van der Waals surface area (Å²) in [4.78, 5) is 49.0. The first-order valence-electron chi connectivity index (χ1n) is 11.3. The van der Waals surface area contributed by atoms with Crippen molar-refractivity contribution in [3.8, 4) is 0 Å². The third kappa shape index (κ3) is 3.72. The van der Waals surface area contributed by atoms with E-state index in [1.54, 1.807) is 17.7 Å². The molecule has 1 aliphatic carbocycles. The van der Waals surface area contributed by atoms with Gasteiger partial charge in [-0.05, 0) is 42.7 Å². The second kappa shape index (κ2) is 8.15. The van der Waals surface area contributed by atoms with Crippen molar-refractivity contribution in [3.05, 3.63) is 67.9 Å². The number of hydrogen-bond acceptors (Lipinski definition) is 6. The number of aryl methyl sites for hydroxylation is 1. The number of aromatic amines is 1. The molecule has 1 saturated carbocycles. The van der Waals surface area contributed by atoms with E-state index >= 15 is 0 Å². The molecule has 3 aromatic rings. The molecule has 4 heterocycles. The Bertz CT molecular complexity index is 1360. The molecule has 0 radical (unpaired) electrons. The van der Waals surface area contributed by atoms with E-state index in [0.29, 0.717) is 18.5 Å². The molecule has 2 aliphatic rings. The number of amides is 1. The number of aromatic nitrogens is 3. The number of rotatable bonds is 5. The van der Waals surface area contributed by atoms with Gasteiger partial charge in [-0.1, -0.05) is 6.92 Å². The molecule has 9 heteroatoms. The minimum atomic E-state index is -0.368. The number of carbonyl (C=O) groups excluding carboxylic acids is 1. The molecular weight excluding hydrogens is 420 g/mol. The predicted molar refractivity (Wildman–Crippen MR) is 127 cm³/mol. The Morgan fingerprint density at radius 1 is 1.21 bits per heavy atom. The molecule has 5 rings (SSSR count). The Morgan fingerprint density at radius 3 is 2.79 bits per heavy atom. The Morgan fingerprint density at radius 2 is 2.03 bits per heavy atom. The lowest BCUT2D eigenvalue weighted by Gasteiger charge is -2.36. The summed E-state index contributed by atoms with van der Waals surface area (Å²) in [7, 11) is 3.24. The normalized spacial score (nSPS) is 20.0. The quantitative estimate of drug-likeness (QED) is 0.604. The molecule has 172 valence electrons. The van der Waals surface area contributed by atoms with Gasteiger partial charge in [0.2, 0.25) is 0 Å². The van der Waals surface area contributed by atoms with Crippen LogP contribution in [0.4, 0.5) is 5.82 Å². The summed E-state index contributed by atoms with van der Waals surface area (Å²) in [5.74, 6) is 0.476. The highest BCUT2D eigenvalue weighted by Crippen LogP contribution is 2.39. The lowest BCUT2D eigenvalue weighted by molar-refractivity contribution is 0.0961. The van der Waals surface area contributed by atoms with Gasteiger partial charge in [-0.25, -0.2) is 0 Å². The van der Waals surface area contributed by atoms with E-state index in [1.165, 1.54) is 7.05 Å². The van der Waals surface area contributed by atoms with Crippen LogP contribution in [0, 0.1) is 0 Å². The number of piperazine rings is 1. The molecule has 0 spiro atoms. The second-order valence-corrected chi connectivity index (χ2v) is 8.84. The van der Waals surface area contributed by atoms with Gasteiger partial charge in [0, 0.05) is 57.6 Å². The monoisotopic (exact) mass is 448 g/mol. The van der Waals surface area contributed by atoms with Gasteiger partial charge in [-0.2, -0.15) is 0 Å². The van der Waals surface area contributed by atoms with E-state index in [-0.39, 0.29) is 22.6 Å². The van der Waals surface area contributed by atoms with Crippen LogP contribution in [0.3, 0.4) is 0 Å². The molecule has 1 aliphatic heterocycles. The molecule has 0 aromatic carbocycles. The van der Waals surface area contributed by atoms with E-state index in [2.05, 4.69) is 25.1 Å². The van der Waals surface area contributed by atoms with Crippen molar-refractivity contribution in [3.63, 3.8) is 0 Å². The van der Waals surface area contributed by atoms with Crippen LogP contribution in [-0.2, 0) is 20.0 Å². The number of nitrogens with one attached hydrogen (secondary N) is 2. The Labute approximate surface area is 191 Å². The average molecular weight is 449 g/mol. The maximum absolute atomic E-state index is 12.7. The average Bonchev–Trinajstić information content (AvgIpc) is 3.62. The number of fused-ring (bicyclic) bond motifs is 2. The highest BCUT2D eigenvalue weighted by atomic mass is 16.2. The van der Waals surface area contributed by atoms with E-state index < -0.39 is 0 Å². The Kier molecular flexibility index (Phi) is 5.28. The Balaban J connectivity index is 1.32. The van der Waals surface area contributed by atoms with Crippen molar-refractivity contribution in [1.29, 1.82) is 0 Å². The molecule has 0 bridgehead atoms. The number of carbonyl (C=O) groups is 1. The van der Waals surface area contributed by atoms with Crippen molar-refractivity contribution < 1.29 is 4.79 Å². The summed E-state index contributed by atoms with van der Waals surface area (Å²) in [5.41, 5.74) is 3.23. The van der Waals surface area contributed by atoms with Crippen molar-refractivity contribution in [2.24, 2.45) is 7.05 Å². The fraction of sp³-hybridized carbons (Fsp3) is 0.417. The molecule has 3 aromatic heterocycles. The van der Waals surface area contributed by atoms with Crippen LogP contribution in [0.2, 0.25) is 0 Å². The topological polar surface area (TPSA) is 103 Å². The van der Waals surface area contributed by atoms with Crippen LogP contribution < -0.4 is 21.3 Å². The fourth-order valence-electron chi connectivity index (χ4n) is 4.92. The highest BCUT2D eigenvalue weighted by molar-refractivity contribution is 5.93. The SMILES string of the molecule is CCc1cc2ncc(CN3CCN(c4ccc(C(=O)NC)c(=O)n4C)[C@@H]4CC43)cc2[nH]c1=O. The van der Waals surface area contributed by atoms with Crippen LogP contribution in [0.25, 0.3) is 11.0 Å². The van der Waals surface area contributed by atoms with Crippen molar-refractivity contribution in [2.45, 2.75) is 38.4 Å². The molecule has 1 amide bonds. The van der Waals surface area contributed by atoms with Crippen molar-refractivity contribution in [1.82, 2.24) is 24.8 Å². The van der Waals surface area contributed by atoms with Crippen LogP contribution in [0.15, 0.2) is 40.1 Å². The molecular formula is C24H28N6O3. The Hall–Kier alpha value is -3.46. The first kappa shape index (κ1) is 21.4. The van der Waals surface area contributed by atoms with Crippen LogP contribution >= 0.6 is 0 Å². The van der Waals surface area contributed by atoms with Gasteiger partial charge >= 0.3 is 0 Å². The summed E-state index contributed by atoms with van der Waals surface area (Å²) in [6.07, 6.45) is 3.61. The minimum absolute atomic E-state index is 0.0483. The lowest BCUT2D eigenvalue weighted by Crippen LogP contribution is -2.47. The van der Waals surface area contributed by atoms with Gasteiger partial charge in [0.05, 0.1) is 11.0 Å². The van der Waals surface area contributed by atoms with Gasteiger partial charge in [-0.3, -0.25) is 28.8 Å². The first-order chi connectivity index (χ1) is 15.9. The number of hydrogen-bond donors (Lipinski definition) is 2. The van der Waals surface area contributed by atoms with E-state index in [9.17, 15) is 14.4 Å². The van der Waals surface area contributed by atoms with Gasteiger partial charge < -0.3 is 15.2 Å². The molecule has 9 nitrogen and oxygen atoms in total. The standard InChI is InChI=1S/C24H28N6O3/c1-4-15-10-17-18(27-22(15)31)9-14(12-26-17)13-29-7-8-30(20-11-19(20)29)21-6-5-16(23(32)25-2)24(33)28(21)3/h5-6,9-10,12,19-20H,4,7-8,11,13H2,1-3H3,(H,25,32)(H,27,31)/t19?,20-/m1/s1. The first-order valence-corrected chi connectivity index (χ1v) is 11.3. The maximum atomic E-state index is 12.7. The summed E-state index contributed by atoms with van der Waals surface area (Å²) < 4.78 is 1.57.